The zero-order chi connectivity index (χ0) is 11.8. The summed E-state index contributed by atoms with van der Waals surface area (Å²) in [4.78, 5) is 19.1. The molecule has 0 amide bonds. The molecule has 0 radical (unpaired) electrons. The number of para-hydroxylation sites is 1. The molecule has 0 fully saturated rings. The molecule has 1 N–H and O–H groups in total. The third kappa shape index (κ3) is 1.54. The fourth-order valence-corrected chi connectivity index (χ4v) is 1.84. The summed E-state index contributed by atoms with van der Waals surface area (Å²) in [6.45, 7) is 1.93. The summed E-state index contributed by atoms with van der Waals surface area (Å²) in [5, 5.41) is 0.598. The van der Waals surface area contributed by atoms with E-state index in [0.29, 0.717) is 22.5 Å². The Kier molecular flexibility index (Phi) is 2.08. The molecule has 0 spiro atoms. The van der Waals surface area contributed by atoms with E-state index in [-0.39, 0.29) is 5.56 Å². The fourth-order valence-electron chi connectivity index (χ4n) is 1.84. The molecular weight excluding hydrogens is 216 g/mol. The Morgan fingerprint density at radius 1 is 1.24 bits per heavy atom. The van der Waals surface area contributed by atoms with E-state index in [1.165, 1.54) is 0 Å². The van der Waals surface area contributed by atoms with Gasteiger partial charge in [0.1, 0.15) is 0 Å². The van der Waals surface area contributed by atoms with E-state index in [1.807, 2.05) is 19.1 Å². The van der Waals surface area contributed by atoms with Crippen LogP contribution in [0.1, 0.15) is 5.56 Å². The Morgan fingerprint density at radius 3 is 2.88 bits per heavy atom. The predicted molar refractivity (Wildman–Crippen MR) is 64.8 cm³/mol. The van der Waals surface area contributed by atoms with Crippen molar-refractivity contribution in [2.45, 2.75) is 6.92 Å². The van der Waals surface area contributed by atoms with Crippen molar-refractivity contribution >= 4 is 10.9 Å². The molecule has 84 valence electrons. The smallest absolute Gasteiger partial charge is 0.259 e. The zero-order valence-corrected chi connectivity index (χ0v) is 9.23. The van der Waals surface area contributed by atoms with Gasteiger partial charge in [-0.15, -0.1) is 0 Å². The number of rotatable bonds is 1. The van der Waals surface area contributed by atoms with Gasteiger partial charge in [0.05, 0.1) is 17.2 Å². The molecule has 0 saturated carbocycles. The lowest BCUT2D eigenvalue weighted by Crippen LogP contribution is -2.09. The minimum absolute atomic E-state index is 0.148. The molecule has 17 heavy (non-hydrogen) atoms. The fraction of sp³-hybridized carbons (Fsp3) is 0.0769. The van der Waals surface area contributed by atoms with E-state index < -0.39 is 0 Å². The van der Waals surface area contributed by atoms with Crippen LogP contribution in [0, 0.1) is 6.92 Å². The quantitative estimate of drug-likeness (QED) is 0.693. The predicted octanol–water partition coefficient (Wildman–Crippen LogP) is 2.49. The van der Waals surface area contributed by atoms with Gasteiger partial charge in [0.25, 0.3) is 5.56 Å². The molecule has 0 aliphatic carbocycles. The standard InChI is InChI=1S/C13H10N2O2/c1-8-4-2-5-9-11(8)14-12(15-13(9)16)10-6-3-7-17-10/h2-7H,1H3,(H,14,15,16). The van der Waals surface area contributed by atoms with E-state index in [4.69, 9.17) is 4.42 Å². The van der Waals surface area contributed by atoms with E-state index in [9.17, 15) is 4.79 Å². The van der Waals surface area contributed by atoms with Gasteiger partial charge in [-0.25, -0.2) is 4.98 Å². The number of H-pyrrole nitrogens is 1. The SMILES string of the molecule is Cc1cccc2c(=O)[nH]c(-c3ccco3)nc12. The van der Waals surface area contributed by atoms with Crippen molar-refractivity contribution in [3.8, 4) is 11.6 Å². The van der Waals surface area contributed by atoms with Gasteiger partial charge in [-0.3, -0.25) is 4.79 Å². The molecule has 0 unspecified atom stereocenters. The van der Waals surface area contributed by atoms with Crippen LogP contribution in [-0.4, -0.2) is 9.97 Å². The molecule has 3 rings (SSSR count). The second-order valence-electron chi connectivity index (χ2n) is 3.86. The highest BCUT2D eigenvalue weighted by atomic mass is 16.3. The van der Waals surface area contributed by atoms with E-state index >= 15 is 0 Å². The number of fused-ring (bicyclic) bond motifs is 1. The second kappa shape index (κ2) is 3.59. The van der Waals surface area contributed by atoms with Crippen molar-refractivity contribution in [3.05, 3.63) is 52.5 Å². The van der Waals surface area contributed by atoms with Crippen LogP contribution in [0.5, 0.6) is 0 Å². The first kappa shape index (κ1) is 9.84. The Labute approximate surface area is 96.9 Å². The van der Waals surface area contributed by atoms with Crippen LogP contribution in [0.15, 0.2) is 45.8 Å². The van der Waals surface area contributed by atoms with Crippen LogP contribution in [0.2, 0.25) is 0 Å². The third-order valence-corrected chi connectivity index (χ3v) is 2.69. The molecule has 0 atom stereocenters. The molecule has 4 heteroatoms. The summed E-state index contributed by atoms with van der Waals surface area (Å²) in [5.41, 5.74) is 1.54. The van der Waals surface area contributed by atoms with Crippen LogP contribution >= 0.6 is 0 Å². The number of benzene rings is 1. The second-order valence-corrected chi connectivity index (χ2v) is 3.86. The maximum atomic E-state index is 11.9. The molecular formula is C13H10N2O2. The summed E-state index contributed by atoms with van der Waals surface area (Å²) in [6, 6.07) is 9.07. The minimum Gasteiger partial charge on any atom is -0.461 e. The van der Waals surface area contributed by atoms with Crippen molar-refractivity contribution in [1.82, 2.24) is 9.97 Å². The number of furan rings is 1. The molecule has 2 heterocycles. The summed E-state index contributed by atoms with van der Waals surface area (Å²) < 4.78 is 5.23. The lowest BCUT2D eigenvalue weighted by Gasteiger charge is -2.02. The topological polar surface area (TPSA) is 58.9 Å². The molecule has 3 aromatic rings. The summed E-state index contributed by atoms with van der Waals surface area (Å²) >= 11 is 0. The largest absolute Gasteiger partial charge is 0.461 e. The van der Waals surface area contributed by atoms with Crippen molar-refractivity contribution < 1.29 is 4.42 Å². The average Bonchev–Trinajstić information content (AvgIpc) is 2.84. The zero-order valence-electron chi connectivity index (χ0n) is 9.23. The van der Waals surface area contributed by atoms with Gasteiger partial charge in [0, 0.05) is 0 Å². The maximum Gasteiger partial charge on any atom is 0.259 e. The van der Waals surface area contributed by atoms with Gasteiger partial charge < -0.3 is 9.40 Å². The molecule has 0 aliphatic heterocycles. The average molecular weight is 226 g/mol. The van der Waals surface area contributed by atoms with Gasteiger partial charge in [-0.1, -0.05) is 12.1 Å². The van der Waals surface area contributed by atoms with E-state index in [0.717, 1.165) is 5.56 Å². The monoisotopic (exact) mass is 226 g/mol. The normalized spacial score (nSPS) is 10.9. The van der Waals surface area contributed by atoms with E-state index in [1.54, 1.807) is 24.5 Å². The molecule has 0 bridgehead atoms. The Balaban J connectivity index is 2.38. The lowest BCUT2D eigenvalue weighted by atomic mass is 10.1. The maximum absolute atomic E-state index is 11.9. The first-order chi connectivity index (χ1) is 8.25. The number of nitrogens with zero attached hydrogens (tertiary/aromatic N) is 1. The summed E-state index contributed by atoms with van der Waals surface area (Å²) in [6.07, 6.45) is 1.55. The number of hydrogen-bond acceptors (Lipinski definition) is 3. The number of aromatic nitrogens is 2. The van der Waals surface area contributed by atoms with Gasteiger partial charge in [0.15, 0.2) is 11.6 Å². The molecule has 1 aromatic carbocycles. The van der Waals surface area contributed by atoms with Gasteiger partial charge in [0.2, 0.25) is 0 Å². The van der Waals surface area contributed by atoms with Crippen molar-refractivity contribution in [1.29, 1.82) is 0 Å². The van der Waals surface area contributed by atoms with Crippen molar-refractivity contribution in [3.63, 3.8) is 0 Å². The Morgan fingerprint density at radius 2 is 2.12 bits per heavy atom. The number of nitrogens with one attached hydrogen (secondary N) is 1. The molecule has 4 nitrogen and oxygen atoms in total. The molecule has 2 aromatic heterocycles. The summed E-state index contributed by atoms with van der Waals surface area (Å²) in [7, 11) is 0. The third-order valence-electron chi connectivity index (χ3n) is 2.69. The number of aryl methyl sites for hydroxylation is 1. The van der Waals surface area contributed by atoms with Crippen LogP contribution in [0.25, 0.3) is 22.5 Å². The lowest BCUT2D eigenvalue weighted by molar-refractivity contribution is 0.577. The first-order valence-electron chi connectivity index (χ1n) is 5.29. The number of hydrogen-bond donors (Lipinski definition) is 1. The Hall–Kier alpha value is -2.36. The molecule has 0 saturated heterocycles. The van der Waals surface area contributed by atoms with Gasteiger partial charge >= 0.3 is 0 Å². The first-order valence-corrected chi connectivity index (χ1v) is 5.29. The highest BCUT2D eigenvalue weighted by Gasteiger charge is 2.08. The number of aromatic amines is 1. The Bertz CT molecular complexity index is 727. The van der Waals surface area contributed by atoms with Gasteiger partial charge in [-0.05, 0) is 30.7 Å². The highest BCUT2D eigenvalue weighted by molar-refractivity contribution is 5.81. The van der Waals surface area contributed by atoms with Crippen LogP contribution < -0.4 is 5.56 Å². The highest BCUT2D eigenvalue weighted by Crippen LogP contribution is 2.18. The van der Waals surface area contributed by atoms with Crippen LogP contribution in [0.3, 0.4) is 0 Å². The van der Waals surface area contributed by atoms with Crippen LogP contribution in [0.4, 0.5) is 0 Å². The van der Waals surface area contributed by atoms with Crippen molar-refractivity contribution in [2.24, 2.45) is 0 Å². The summed E-state index contributed by atoms with van der Waals surface area (Å²) in [5.74, 6) is 1.02. The minimum atomic E-state index is -0.148. The molecule has 0 aliphatic rings. The van der Waals surface area contributed by atoms with Crippen LogP contribution in [-0.2, 0) is 0 Å². The van der Waals surface area contributed by atoms with E-state index in [2.05, 4.69) is 9.97 Å². The van der Waals surface area contributed by atoms with Gasteiger partial charge in [-0.2, -0.15) is 0 Å². The van der Waals surface area contributed by atoms with Crippen molar-refractivity contribution in [2.75, 3.05) is 0 Å².